The maximum atomic E-state index is 13.9. The Morgan fingerprint density at radius 1 is 1.00 bits per heavy atom. The van der Waals surface area contributed by atoms with Crippen molar-refractivity contribution >= 4 is 16.9 Å². The number of methoxy groups -OCH3 is 1. The van der Waals surface area contributed by atoms with Gasteiger partial charge in [0.25, 0.3) is 5.56 Å². The van der Waals surface area contributed by atoms with Gasteiger partial charge in [0.2, 0.25) is 0 Å². The molecule has 42 heavy (non-hydrogen) atoms. The molecular weight excluding hydrogens is 551 g/mol. The number of aromatic carboxylic acids is 1. The number of H-pyrrole nitrogens is 1. The third kappa shape index (κ3) is 5.42. The van der Waals surface area contributed by atoms with Crippen molar-refractivity contribution in [2.24, 2.45) is 0 Å². The lowest BCUT2D eigenvalue weighted by atomic mass is 10.0. The van der Waals surface area contributed by atoms with Crippen molar-refractivity contribution in [3.05, 3.63) is 111 Å². The standard InChI is InChI=1S/C31H22F3N3O5/c1-17-11-22(41-2)8-5-19(17)16-37-28(14-25(31(32,33)34)24(15-35)29(37)38)18-3-6-21(7-4-18)42-23-9-10-26-20(12-23)13-27(36-26)30(39)40/h3-14,36H,16H2,1-2H3,(H,39,40). The van der Waals surface area contributed by atoms with Gasteiger partial charge in [0.15, 0.2) is 0 Å². The number of fused-ring (bicyclic) bond motifs is 1. The van der Waals surface area contributed by atoms with Gasteiger partial charge in [0.05, 0.1) is 24.9 Å². The van der Waals surface area contributed by atoms with Crippen LogP contribution in [0.2, 0.25) is 0 Å². The number of aromatic amines is 1. The maximum Gasteiger partial charge on any atom is 0.417 e. The van der Waals surface area contributed by atoms with Crippen LogP contribution in [0.4, 0.5) is 13.2 Å². The van der Waals surface area contributed by atoms with Crippen molar-refractivity contribution in [2.45, 2.75) is 19.6 Å². The van der Waals surface area contributed by atoms with Crippen molar-refractivity contribution in [3.8, 4) is 34.6 Å². The van der Waals surface area contributed by atoms with Gasteiger partial charge in [-0.1, -0.05) is 6.07 Å². The van der Waals surface area contributed by atoms with Gasteiger partial charge in [-0.15, -0.1) is 0 Å². The van der Waals surface area contributed by atoms with Crippen molar-refractivity contribution in [1.29, 1.82) is 5.26 Å². The first-order valence-electron chi connectivity index (χ1n) is 12.5. The number of nitriles is 1. The lowest BCUT2D eigenvalue weighted by molar-refractivity contribution is -0.137. The van der Waals surface area contributed by atoms with Crippen LogP contribution in [0, 0.1) is 18.3 Å². The van der Waals surface area contributed by atoms with Crippen molar-refractivity contribution in [1.82, 2.24) is 9.55 Å². The second kappa shape index (κ2) is 10.8. The zero-order valence-electron chi connectivity index (χ0n) is 22.2. The van der Waals surface area contributed by atoms with E-state index in [1.54, 1.807) is 43.3 Å². The number of rotatable bonds is 7. The third-order valence-corrected chi connectivity index (χ3v) is 6.80. The number of hydrogen-bond acceptors (Lipinski definition) is 5. The van der Waals surface area contributed by atoms with E-state index in [0.29, 0.717) is 39.3 Å². The molecule has 8 nitrogen and oxygen atoms in total. The highest BCUT2D eigenvalue weighted by Crippen LogP contribution is 2.35. The number of alkyl halides is 3. The molecule has 0 saturated heterocycles. The molecule has 212 valence electrons. The minimum Gasteiger partial charge on any atom is -0.497 e. The van der Waals surface area contributed by atoms with Crippen molar-refractivity contribution in [3.63, 3.8) is 0 Å². The third-order valence-electron chi connectivity index (χ3n) is 6.80. The molecule has 0 aliphatic carbocycles. The summed E-state index contributed by atoms with van der Waals surface area (Å²) in [6.45, 7) is 1.71. The Kier molecular flexibility index (Phi) is 7.22. The van der Waals surface area contributed by atoms with Crippen LogP contribution in [0.3, 0.4) is 0 Å². The number of halogens is 3. The molecule has 2 N–H and O–H groups in total. The predicted molar refractivity (Wildman–Crippen MR) is 148 cm³/mol. The van der Waals surface area contributed by atoms with Crippen LogP contribution in [0.15, 0.2) is 77.6 Å². The summed E-state index contributed by atoms with van der Waals surface area (Å²) in [5.41, 5.74) is -1.02. The number of hydrogen-bond donors (Lipinski definition) is 2. The van der Waals surface area contributed by atoms with E-state index in [4.69, 9.17) is 9.47 Å². The van der Waals surface area contributed by atoms with Gasteiger partial charge in [-0.05, 0) is 90.3 Å². The van der Waals surface area contributed by atoms with Crippen molar-refractivity contribution < 1.29 is 32.5 Å². The number of carboxylic acid groups (broad SMARTS) is 1. The summed E-state index contributed by atoms with van der Waals surface area (Å²) in [4.78, 5) is 27.3. The molecule has 5 aromatic rings. The van der Waals surface area contributed by atoms with Gasteiger partial charge < -0.3 is 24.1 Å². The zero-order chi connectivity index (χ0) is 30.2. The largest absolute Gasteiger partial charge is 0.497 e. The van der Waals surface area contributed by atoms with E-state index in [-0.39, 0.29) is 17.9 Å². The van der Waals surface area contributed by atoms with Crippen molar-refractivity contribution in [2.75, 3.05) is 7.11 Å². The van der Waals surface area contributed by atoms with Gasteiger partial charge in [0.1, 0.15) is 34.6 Å². The summed E-state index contributed by atoms with van der Waals surface area (Å²) in [6.07, 6.45) is -4.92. The maximum absolute atomic E-state index is 13.9. The molecule has 0 fully saturated rings. The molecule has 5 rings (SSSR count). The molecule has 0 aliphatic rings. The molecule has 3 aromatic carbocycles. The SMILES string of the molecule is COc1ccc(Cn2c(-c3ccc(Oc4ccc5[nH]c(C(=O)O)cc5c4)cc3)cc(C(F)(F)F)c(C#N)c2=O)c(C)c1. The normalized spacial score (nSPS) is 11.3. The van der Waals surface area contributed by atoms with E-state index in [2.05, 4.69) is 4.98 Å². The molecule has 0 unspecified atom stereocenters. The molecule has 0 spiro atoms. The lowest BCUT2D eigenvalue weighted by Gasteiger charge is -2.19. The van der Waals surface area contributed by atoms with Gasteiger partial charge in [-0.2, -0.15) is 18.4 Å². The first-order valence-corrected chi connectivity index (χ1v) is 12.5. The fourth-order valence-electron chi connectivity index (χ4n) is 4.64. The highest BCUT2D eigenvalue weighted by molar-refractivity contribution is 5.94. The average molecular weight is 574 g/mol. The predicted octanol–water partition coefficient (Wildman–Crippen LogP) is 6.74. The molecular formula is C31H22F3N3O5. The van der Waals surface area contributed by atoms with Crippen LogP contribution in [-0.4, -0.2) is 27.7 Å². The van der Waals surface area contributed by atoms with Crippen LogP contribution in [0.5, 0.6) is 17.2 Å². The summed E-state index contributed by atoms with van der Waals surface area (Å²) in [5.74, 6) is 0.261. The number of aromatic nitrogens is 2. The van der Waals surface area contributed by atoms with Gasteiger partial charge >= 0.3 is 12.1 Å². The second-order valence-corrected chi connectivity index (χ2v) is 9.48. The number of benzene rings is 3. The molecule has 0 aliphatic heterocycles. The van der Waals surface area contributed by atoms with Crippen LogP contribution >= 0.6 is 0 Å². The quantitative estimate of drug-likeness (QED) is 0.223. The lowest BCUT2D eigenvalue weighted by Crippen LogP contribution is -2.29. The molecule has 2 aromatic heterocycles. The number of nitrogens with zero attached hydrogens (tertiary/aromatic N) is 2. The summed E-state index contributed by atoms with van der Waals surface area (Å²) in [6, 6.07) is 19.9. The molecule has 0 bridgehead atoms. The Labute approximate surface area is 236 Å². The minimum atomic E-state index is -4.92. The Morgan fingerprint density at radius 3 is 2.31 bits per heavy atom. The first-order chi connectivity index (χ1) is 20.0. The number of pyridine rings is 1. The second-order valence-electron chi connectivity index (χ2n) is 9.48. The van der Waals surface area contributed by atoms with Gasteiger partial charge in [0, 0.05) is 10.9 Å². The molecule has 2 heterocycles. The zero-order valence-corrected chi connectivity index (χ0v) is 22.2. The highest BCUT2D eigenvalue weighted by atomic mass is 19.4. The van der Waals surface area contributed by atoms with Crippen LogP contribution < -0.4 is 15.0 Å². The minimum absolute atomic E-state index is 0.0250. The fourth-order valence-corrected chi connectivity index (χ4v) is 4.64. The van der Waals surface area contributed by atoms with Crippen LogP contribution in [-0.2, 0) is 12.7 Å². The molecule has 0 atom stereocenters. The molecule has 0 saturated carbocycles. The van der Waals surface area contributed by atoms with E-state index in [1.807, 2.05) is 0 Å². The molecule has 0 radical (unpaired) electrons. The van der Waals surface area contributed by atoms with Crippen LogP contribution in [0.25, 0.3) is 22.2 Å². The Balaban J connectivity index is 1.54. The highest BCUT2D eigenvalue weighted by Gasteiger charge is 2.36. The van der Waals surface area contributed by atoms with E-state index in [0.717, 1.165) is 16.2 Å². The van der Waals surface area contributed by atoms with Gasteiger partial charge in [-0.25, -0.2) is 4.79 Å². The number of ether oxygens (including phenoxy) is 2. The van der Waals surface area contributed by atoms with E-state index in [9.17, 15) is 33.1 Å². The topological polar surface area (TPSA) is 117 Å². The summed E-state index contributed by atoms with van der Waals surface area (Å²) in [7, 11) is 1.51. The number of carboxylic acids is 1. The smallest absolute Gasteiger partial charge is 0.417 e. The summed E-state index contributed by atoms with van der Waals surface area (Å²) < 4.78 is 54.0. The van der Waals surface area contributed by atoms with Crippen LogP contribution in [0.1, 0.15) is 32.7 Å². The monoisotopic (exact) mass is 573 g/mol. The fraction of sp³-hybridized carbons (Fsp3) is 0.129. The Bertz CT molecular complexity index is 1930. The molecule has 0 amide bonds. The van der Waals surface area contributed by atoms with Gasteiger partial charge in [-0.3, -0.25) is 4.79 Å². The summed E-state index contributed by atoms with van der Waals surface area (Å²) in [5, 5.41) is 19.3. The summed E-state index contributed by atoms with van der Waals surface area (Å²) >= 11 is 0. The Morgan fingerprint density at radius 2 is 1.69 bits per heavy atom. The average Bonchev–Trinajstić information content (AvgIpc) is 3.39. The van der Waals surface area contributed by atoms with E-state index < -0.39 is 28.8 Å². The van der Waals surface area contributed by atoms with E-state index in [1.165, 1.54) is 43.5 Å². The molecule has 11 heteroatoms. The number of carbonyl (C=O) groups is 1. The number of nitrogens with one attached hydrogen (secondary N) is 1. The van der Waals surface area contributed by atoms with E-state index >= 15 is 0 Å². The number of aryl methyl sites for hydroxylation is 1. The Hall–Kier alpha value is -5.50. The first kappa shape index (κ1) is 28.0.